The molecule has 5 heteroatoms. The summed E-state index contributed by atoms with van der Waals surface area (Å²) in [5, 5.41) is 8.98. The highest BCUT2D eigenvalue weighted by atomic mass is 16.4. The molecule has 0 spiro atoms. The Bertz CT molecular complexity index is 656. The number of hydrogen-bond acceptors (Lipinski definition) is 4. The van der Waals surface area contributed by atoms with Gasteiger partial charge in [-0.15, -0.1) is 0 Å². The first-order valence-corrected chi connectivity index (χ1v) is 6.79. The van der Waals surface area contributed by atoms with Crippen molar-refractivity contribution in [2.45, 2.75) is 20.4 Å². The fourth-order valence-corrected chi connectivity index (χ4v) is 2.27. The number of aromatic nitrogens is 1. The summed E-state index contributed by atoms with van der Waals surface area (Å²) >= 11 is 0. The van der Waals surface area contributed by atoms with Crippen LogP contribution in [0.4, 0.5) is 11.4 Å². The lowest BCUT2D eigenvalue weighted by atomic mass is 10.1. The van der Waals surface area contributed by atoms with Crippen LogP contribution in [0.25, 0.3) is 0 Å². The number of anilines is 2. The van der Waals surface area contributed by atoms with Crippen molar-refractivity contribution in [2.24, 2.45) is 0 Å². The van der Waals surface area contributed by atoms with Crippen LogP contribution in [-0.2, 0) is 6.54 Å². The molecule has 3 N–H and O–H groups in total. The molecule has 2 aromatic rings. The average Bonchev–Trinajstić information content (AvgIpc) is 2.45. The number of nitrogens with two attached hydrogens (primary N) is 1. The van der Waals surface area contributed by atoms with E-state index in [2.05, 4.69) is 16.0 Å². The van der Waals surface area contributed by atoms with Gasteiger partial charge >= 0.3 is 5.97 Å². The van der Waals surface area contributed by atoms with Crippen molar-refractivity contribution in [3.8, 4) is 0 Å². The molecule has 0 unspecified atom stereocenters. The van der Waals surface area contributed by atoms with E-state index in [0.29, 0.717) is 12.2 Å². The number of rotatable bonds is 5. The lowest BCUT2D eigenvalue weighted by Crippen LogP contribution is -2.23. The summed E-state index contributed by atoms with van der Waals surface area (Å²) in [6.07, 6.45) is 3.65. The molecule has 21 heavy (non-hydrogen) atoms. The molecule has 0 saturated heterocycles. The molecule has 0 amide bonds. The number of carboxylic acid groups (broad SMARTS) is 1. The van der Waals surface area contributed by atoms with Gasteiger partial charge in [0.2, 0.25) is 0 Å². The third kappa shape index (κ3) is 3.51. The Balaban J connectivity index is 2.27. The highest BCUT2D eigenvalue weighted by Crippen LogP contribution is 2.26. The van der Waals surface area contributed by atoms with Crippen LogP contribution in [-0.4, -0.2) is 22.6 Å². The van der Waals surface area contributed by atoms with E-state index in [1.54, 1.807) is 12.1 Å². The molecule has 0 aliphatic heterocycles. The first kappa shape index (κ1) is 14.8. The van der Waals surface area contributed by atoms with Gasteiger partial charge < -0.3 is 15.7 Å². The number of carboxylic acids is 1. The van der Waals surface area contributed by atoms with Crippen molar-refractivity contribution in [3.05, 3.63) is 53.3 Å². The van der Waals surface area contributed by atoms with Gasteiger partial charge in [-0.25, -0.2) is 4.79 Å². The summed E-state index contributed by atoms with van der Waals surface area (Å²) in [7, 11) is 0. The van der Waals surface area contributed by atoms with E-state index in [1.807, 2.05) is 26.2 Å². The Kier molecular flexibility index (Phi) is 4.42. The van der Waals surface area contributed by atoms with Crippen molar-refractivity contribution >= 4 is 17.3 Å². The molecule has 0 radical (unpaired) electrons. The molecule has 5 nitrogen and oxygen atoms in total. The largest absolute Gasteiger partial charge is 0.478 e. The van der Waals surface area contributed by atoms with Gasteiger partial charge in [0.15, 0.2) is 0 Å². The fourth-order valence-electron chi connectivity index (χ4n) is 2.27. The molecule has 0 saturated carbocycles. The zero-order valence-electron chi connectivity index (χ0n) is 12.2. The van der Waals surface area contributed by atoms with Crippen LogP contribution in [0, 0.1) is 6.92 Å². The molecule has 1 heterocycles. The molecule has 1 aromatic carbocycles. The number of nitrogens with zero attached hydrogens (tertiary/aromatic N) is 2. The maximum Gasteiger partial charge on any atom is 0.335 e. The van der Waals surface area contributed by atoms with Crippen LogP contribution >= 0.6 is 0 Å². The predicted octanol–water partition coefficient (Wildman–Crippen LogP) is 2.70. The van der Waals surface area contributed by atoms with Crippen LogP contribution < -0.4 is 10.6 Å². The Morgan fingerprint density at radius 3 is 2.67 bits per heavy atom. The van der Waals surface area contributed by atoms with E-state index in [4.69, 9.17) is 10.8 Å². The smallest absolute Gasteiger partial charge is 0.335 e. The summed E-state index contributed by atoms with van der Waals surface area (Å²) in [5.41, 5.74) is 9.71. The van der Waals surface area contributed by atoms with Crippen LogP contribution in [0.1, 0.15) is 28.4 Å². The number of benzene rings is 1. The van der Waals surface area contributed by atoms with Crippen molar-refractivity contribution in [1.29, 1.82) is 0 Å². The van der Waals surface area contributed by atoms with Gasteiger partial charge in [0.1, 0.15) is 0 Å². The minimum atomic E-state index is -0.973. The van der Waals surface area contributed by atoms with Gasteiger partial charge in [0, 0.05) is 25.5 Å². The summed E-state index contributed by atoms with van der Waals surface area (Å²) in [6.45, 7) is 5.49. The highest BCUT2D eigenvalue weighted by Gasteiger charge is 2.12. The van der Waals surface area contributed by atoms with E-state index >= 15 is 0 Å². The lowest BCUT2D eigenvalue weighted by molar-refractivity contribution is 0.0697. The number of nitrogen functional groups attached to an aromatic ring is 1. The van der Waals surface area contributed by atoms with Gasteiger partial charge in [0.25, 0.3) is 0 Å². The van der Waals surface area contributed by atoms with Crippen molar-refractivity contribution < 1.29 is 9.90 Å². The maximum atomic E-state index is 11.0. The summed E-state index contributed by atoms with van der Waals surface area (Å²) in [6, 6.07) is 6.91. The number of pyridine rings is 1. The molecule has 0 atom stereocenters. The Morgan fingerprint density at radius 2 is 2.10 bits per heavy atom. The molecule has 110 valence electrons. The summed E-state index contributed by atoms with van der Waals surface area (Å²) in [5.74, 6) is -0.973. The Hall–Kier alpha value is -2.56. The molecular formula is C16H19N3O2. The average molecular weight is 285 g/mol. The van der Waals surface area contributed by atoms with Crippen molar-refractivity contribution in [3.63, 3.8) is 0 Å². The predicted molar refractivity (Wildman–Crippen MR) is 83.5 cm³/mol. The first-order chi connectivity index (χ1) is 10.0. The van der Waals surface area contributed by atoms with E-state index < -0.39 is 5.97 Å². The standard InChI is InChI=1S/C16H19N3O2/c1-3-19(10-12-6-11(2)8-18-9-12)15-5-4-13(16(20)21)7-14(15)17/h4-9H,3,10,17H2,1-2H3,(H,20,21). The van der Waals surface area contributed by atoms with Gasteiger partial charge in [0.05, 0.1) is 16.9 Å². The Morgan fingerprint density at radius 1 is 1.33 bits per heavy atom. The summed E-state index contributed by atoms with van der Waals surface area (Å²) in [4.78, 5) is 17.2. The topological polar surface area (TPSA) is 79.5 Å². The summed E-state index contributed by atoms with van der Waals surface area (Å²) < 4.78 is 0. The number of aryl methyl sites for hydroxylation is 1. The van der Waals surface area contributed by atoms with E-state index in [-0.39, 0.29) is 5.56 Å². The minimum Gasteiger partial charge on any atom is -0.478 e. The third-order valence-corrected chi connectivity index (χ3v) is 3.30. The monoisotopic (exact) mass is 285 g/mol. The van der Waals surface area contributed by atoms with Gasteiger partial charge in [-0.1, -0.05) is 6.07 Å². The quantitative estimate of drug-likeness (QED) is 0.826. The van der Waals surface area contributed by atoms with Crippen LogP contribution in [0.15, 0.2) is 36.7 Å². The molecular weight excluding hydrogens is 266 g/mol. The Labute approximate surface area is 124 Å². The molecule has 1 aromatic heterocycles. The van der Waals surface area contributed by atoms with Gasteiger partial charge in [-0.3, -0.25) is 4.98 Å². The highest BCUT2D eigenvalue weighted by molar-refractivity contribution is 5.90. The molecule has 0 aliphatic rings. The second-order valence-corrected chi connectivity index (χ2v) is 4.96. The second-order valence-electron chi connectivity index (χ2n) is 4.96. The minimum absolute atomic E-state index is 0.199. The molecule has 2 rings (SSSR count). The number of hydrogen-bond donors (Lipinski definition) is 2. The van der Waals surface area contributed by atoms with Crippen LogP contribution in [0.5, 0.6) is 0 Å². The van der Waals surface area contributed by atoms with E-state index in [9.17, 15) is 4.79 Å². The lowest BCUT2D eigenvalue weighted by Gasteiger charge is -2.25. The van der Waals surface area contributed by atoms with E-state index in [1.165, 1.54) is 6.07 Å². The molecule has 0 bridgehead atoms. The maximum absolute atomic E-state index is 11.0. The zero-order valence-corrected chi connectivity index (χ0v) is 12.2. The molecule has 0 fully saturated rings. The number of aromatic carboxylic acids is 1. The SMILES string of the molecule is CCN(Cc1cncc(C)c1)c1ccc(C(=O)O)cc1N. The van der Waals surface area contributed by atoms with E-state index in [0.717, 1.165) is 23.4 Å². The number of carbonyl (C=O) groups is 1. The van der Waals surface area contributed by atoms with Gasteiger partial charge in [-0.05, 0) is 43.2 Å². The van der Waals surface area contributed by atoms with Gasteiger partial charge in [-0.2, -0.15) is 0 Å². The van der Waals surface area contributed by atoms with Crippen molar-refractivity contribution in [2.75, 3.05) is 17.2 Å². The van der Waals surface area contributed by atoms with Crippen LogP contribution in [0.3, 0.4) is 0 Å². The fraction of sp³-hybridized carbons (Fsp3) is 0.250. The van der Waals surface area contributed by atoms with Crippen molar-refractivity contribution in [1.82, 2.24) is 4.98 Å². The first-order valence-electron chi connectivity index (χ1n) is 6.79. The normalized spacial score (nSPS) is 10.4. The second kappa shape index (κ2) is 6.26. The third-order valence-electron chi connectivity index (χ3n) is 3.30. The molecule has 0 aliphatic carbocycles. The zero-order chi connectivity index (χ0) is 15.4. The van der Waals surface area contributed by atoms with Crippen LogP contribution in [0.2, 0.25) is 0 Å².